The third-order valence-electron chi connectivity index (χ3n) is 3.75. The van der Waals surface area contributed by atoms with Gasteiger partial charge in [0.05, 0.1) is 0 Å². The van der Waals surface area contributed by atoms with Crippen LogP contribution in [0.25, 0.3) is 11.1 Å². The van der Waals surface area contributed by atoms with Gasteiger partial charge in [-0.15, -0.1) is 0 Å². The Kier molecular flexibility index (Phi) is 3.19. The molecule has 102 valence electrons. The van der Waals surface area contributed by atoms with Crippen molar-refractivity contribution < 1.29 is 4.42 Å². The first-order chi connectivity index (χ1) is 9.13. The summed E-state index contributed by atoms with van der Waals surface area (Å²) in [4.78, 5) is 9.36. The van der Waals surface area contributed by atoms with Gasteiger partial charge in [-0.1, -0.05) is 13.8 Å². The van der Waals surface area contributed by atoms with Crippen LogP contribution in [0.5, 0.6) is 0 Å². The van der Waals surface area contributed by atoms with Crippen LogP contribution >= 0.6 is 0 Å². The van der Waals surface area contributed by atoms with Crippen LogP contribution in [0.3, 0.4) is 0 Å². The Labute approximate surface area is 114 Å². The van der Waals surface area contributed by atoms with Gasteiger partial charge in [-0.3, -0.25) is 0 Å². The van der Waals surface area contributed by atoms with Crippen molar-refractivity contribution in [2.45, 2.75) is 19.8 Å². The first kappa shape index (κ1) is 12.5. The van der Waals surface area contributed by atoms with Crippen molar-refractivity contribution in [1.82, 2.24) is 9.88 Å². The molecule has 0 spiro atoms. The highest BCUT2D eigenvalue weighted by Gasteiger charge is 2.16. The minimum Gasteiger partial charge on any atom is -0.440 e. The van der Waals surface area contributed by atoms with Gasteiger partial charge in [-0.25, -0.2) is 4.98 Å². The summed E-state index contributed by atoms with van der Waals surface area (Å²) in [5, 5.41) is 0. The average molecular weight is 259 g/mol. The second-order valence-corrected chi connectivity index (χ2v) is 5.65. The highest BCUT2D eigenvalue weighted by molar-refractivity contribution is 5.77. The van der Waals surface area contributed by atoms with Gasteiger partial charge in [-0.05, 0) is 25.2 Å². The molecule has 0 unspecified atom stereocenters. The molecule has 1 saturated heterocycles. The molecule has 0 amide bonds. The number of piperazine rings is 1. The third kappa shape index (κ3) is 2.45. The highest BCUT2D eigenvalue weighted by Crippen LogP contribution is 2.26. The number of anilines is 1. The standard InChI is InChI=1S/C15H21N3O/c1-11(2)15-16-13-10-12(4-5-14(13)19-15)18-8-6-17(3)7-9-18/h4-5,10-11H,6-9H2,1-3H3. The highest BCUT2D eigenvalue weighted by atomic mass is 16.3. The number of oxazole rings is 1. The molecule has 2 heterocycles. The van der Waals surface area contributed by atoms with E-state index in [-0.39, 0.29) is 0 Å². The Morgan fingerprint density at radius 2 is 1.89 bits per heavy atom. The van der Waals surface area contributed by atoms with E-state index in [1.165, 1.54) is 5.69 Å². The molecule has 0 atom stereocenters. The molecule has 4 heteroatoms. The van der Waals surface area contributed by atoms with Crippen molar-refractivity contribution in [2.24, 2.45) is 0 Å². The van der Waals surface area contributed by atoms with Gasteiger partial charge in [0.2, 0.25) is 0 Å². The quantitative estimate of drug-likeness (QED) is 0.830. The van der Waals surface area contributed by atoms with Gasteiger partial charge < -0.3 is 14.2 Å². The van der Waals surface area contributed by atoms with E-state index in [4.69, 9.17) is 4.42 Å². The molecule has 2 aromatic rings. The van der Waals surface area contributed by atoms with Crippen LogP contribution in [0.15, 0.2) is 22.6 Å². The Hall–Kier alpha value is -1.55. The SMILES string of the molecule is CC(C)c1nc2cc(N3CCN(C)CC3)ccc2o1. The fraction of sp³-hybridized carbons (Fsp3) is 0.533. The third-order valence-corrected chi connectivity index (χ3v) is 3.75. The summed E-state index contributed by atoms with van der Waals surface area (Å²) in [6.45, 7) is 8.61. The average Bonchev–Trinajstić information content (AvgIpc) is 2.82. The van der Waals surface area contributed by atoms with Crippen molar-refractivity contribution in [1.29, 1.82) is 0 Å². The largest absolute Gasteiger partial charge is 0.440 e. The molecule has 1 aromatic heterocycles. The Morgan fingerprint density at radius 1 is 1.16 bits per heavy atom. The number of benzene rings is 1. The Balaban J connectivity index is 1.88. The van der Waals surface area contributed by atoms with Crippen molar-refractivity contribution in [2.75, 3.05) is 38.1 Å². The van der Waals surface area contributed by atoms with E-state index in [0.29, 0.717) is 5.92 Å². The maximum atomic E-state index is 5.75. The number of aromatic nitrogens is 1. The van der Waals surface area contributed by atoms with Crippen molar-refractivity contribution in [3.63, 3.8) is 0 Å². The van der Waals surface area contributed by atoms with Crippen molar-refractivity contribution >= 4 is 16.8 Å². The fourth-order valence-corrected chi connectivity index (χ4v) is 2.44. The molecule has 4 nitrogen and oxygen atoms in total. The number of likely N-dealkylation sites (N-methyl/N-ethyl adjacent to an activating group) is 1. The van der Waals surface area contributed by atoms with Gasteiger partial charge in [-0.2, -0.15) is 0 Å². The molecule has 0 radical (unpaired) electrons. The van der Waals surface area contributed by atoms with E-state index >= 15 is 0 Å². The lowest BCUT2D eigenvalue weighted by molar-refractivity contribution is 0.313. The zero-order valence-electron chi connectivity index (χ0n) is 11.9. The van der Waals surface area contributed by atoms with E-state index < -0.39 is 0 Å². The maximum absolute atomic E-state index is 5.75. The molecule has 3 rings (SSSR count). The molecule has 19 heavy (non-hydrogen) atoms. The molecule has 1 fully saturated rings. The maximum Gasteiger partial charge on any atom is 0.198 e. The predicted molar refractivity (Wildman–Crippen MR) is 77.8 cm³/mol. The lowest BCUT2D eigenvalue weighted by Crippen LogP contribution is -2.44. The molecule has 0 saturated carbocycles. The summed E-state index contributed by atoms with van der Waals surface area (Å²) < 4.78 is 5.75. The van der Waals surface area contributed by atoms with E-state index in [0.717, 1.165) is 43.2 Å². The molecule has 1 aliphatic rings. The van der Waals surface area contributed by atoms with Gasteiger partial charge in [0.15, 0.2) is 11.5 Å². The van der Waals surface area contributed by atoms with Crippen molar-refractivity contribution in [3.05, 3.63) is 24.1 Å². The van der Waals surface area contributed by atoms with Crippen molar-refractivity contribution in [3.8, 4) is 0 Å². The minimum atomic E-state index is 0.333. The molecule has 0 N–H and O–H groups in total. The monoisotopic (exact) mass is 259 g/mol. The summed E-state index contributed by atoms with van der Waals surface area (Å²) >= 11 is 0. The van der Waals surface area contributed by atoms with Crippen LogP contribution in [-0.2, 0) is 0 Å². The van der Waals surface area contributed by atoms with Crippen LogP contribution in [0, 0.1) is 0 Å². The van der Waals surface area contributed by atoms with Gasteiger partial charge in [0.25, 0.3) is 0 Å². The van der Waals surface area contributed by atoms with Gasteiger partial charge in [0, 0.05) is 37.8 Å². The van der Waals surface area contributed by atoms with E-state index in [9.17, 15) is 0 Å². The topological polar surface area (TPSA) is 32.5 Å². The summed E-state index contributed by atoms with van der Waals surface area (Å²) in [6.07, 6.45) is 0. The smallest absolute Gasteiger partial charge is 0.198 e. The summed E-state index contributed by atoms with van der Waals surface area (Å²) in [5.41, 5.74) is 3.12. The Morgan fingerprint density at radius 3 is 2.58 bits per heavy atom. The van der Waals surface area contributed by atoms with Crippen LogP contribution in [0.1, 0.15) is 25.7 Å². The minimum absolute atomic E-state index is 0.333. The number of hydrogen-bond acceptors (Lipinski definition) is 4. The lowest BCUT2D eigenvalue weighted by atomic mass is 10.2. The van der Waals surface area contributed by atoms with Crippen LogP contribution in [0.2, 0.25) is 0 Å². The number of nitrogens with zero attached hydrogens (tertiary/aromatic N) is 3. The van der Waals surface area contributed by atoms with E-state index in [2.05, 4.69) is 47.8 Å². The molecule has 1 aromatic carbocycles. The van der Waals surface area contributed by atoms with Crippen LogP contribution < -0.4 is 4.90 Å². The second-order valence-electron chi connectivity index (χ2n) is 5.65. The molecule has 1 aliphatic heterocycles. The number of hydrogen-bond donors (Lipinski definition) is 0. The Bertz CT molecular complexity index is 568. The summed E-state index contributed by atoms with van der Waals surface area (Å²) in [5.74, 6) is 1.16. The zero-order chi connectivity index (χ0) is 13.4. The molecular formula is C15H21N3O. The number of fused-ring (bicyclic) bond motifs is 1. The van der Waals surface area contributed by atoms with E-state index in [1.54, 1.807) is 0 Å². The fourth-order valence-electron chi connectivity index (χ4n) is 2.44. The van der Waals surface area contributed by atoms with Gasteiger partial charge >= 0.3 is 0 Å². The first-order valence-electron chi connectivity index (χ1n) is 6.97. The number of rotatable bonds is 2. The predicted octanol–water partition coefficient (Wildman–Crippen LogP) is 2.70. The zero-order valence-corrected chi connectivity index (χ0v) is 11.9. The molecular weight excluding hydrogens is 238 g/mol. The second kappa shape index (κ2) is 4.85. The van der Waals surface area contributed by atoms with Crippen LogP contribution in [-0.4, -0.2) is 43.1 Å². The molecule has 0 aliphatic carbocycles. The van der Waals surface area contributed by atoms with Crippen LogP contribution in [0.4, 0.5) is 5.69 Å². The summed E-state index contributed by atoms with van der Waals surface area (Å²) in [6, 6.07) is 6.33. The van der Waals surface area contributed by atoms with Gasteiger partial charge in [0.1, 0.15) is 5.52 Å². The summed E-state index contributed by atoms with van der Waals surface area (Å²) in [7, 11) is 2.17. The lowest BCUT2D eigenvalue weighted by Gasteiger charge is -2.33. The molecule has 0 bridgehead atoms. The normalized spacial score (nSPS) is 17.6. The first-order valence-corrected chi connectivity index (χ1v) is 6.97. The van der Waals surface area contributed by atoms with E-state index in [1.807, 2.05) is 6.07 Å².